The van der Waals surface area contributed by atoms with E-state index < -0.39 is 5.97 Å². The van der Waals surface area contributed by atoms with Gasteiger partial charge in [0.2, 0.25) is 5.75 Å². The van der Waals surface area contributed by atoms with Gasteiger partial charge in [-0.05, 0) is 59.9 Å². The zero-order valence-corrected chi connectivity index (χ0v) is 17.7. The summed E-state index contributed by atoms with van der Waals surface area (Å²) in [6.45, 7) is 5.91. The average molecular weight is 405 g/mol. The van der Waals surface area contributed by atoms with Crippen LogP contribution in [0.5, 0.6) is 23.0 Å². The highest BCUT2D eigenvalue weighted by Gasteiger charge is 2.14. The molecule has 6 heteroatoms. The van der Waals surface area contributed by atoms with Crippen molar-refractivity contribution < 1.29 is 23.7 Å². The van der Waals surface area contributed by atoms with Gasteiger partial charge in [-0.2, -0.15) is 0 Å². The zero-order valence-electron chi connectivity index (χ0n) is 17.0. The van der Waals surface area contributed by atoms with Gasteiger partial charge in [0, 0.05) is 11.1 Å². The molecule has 28 heavy (non-hydrogen) atoms. The minimum Gasteiger partial charge on any atom is -0.493 e. The van der Waals surface area contributed by atoms with Crippen molar-refractivity contribution in [1.29, 1.82) is 0 Å². The maximum absolute atomic E-state index is 12.4. The largest absolute Gasteiger partial charge is 0.493 e. The number of aryl methyl sites for hydroxylation is 1. The first-order chi connectivity index (χ1) is 13.3. The molecule has 0 N–H and O–H groups in total. The molecule has 0 spiro atoms. The Morgan fingerprint density at radius 3 is 2.07 bits per heavy atom. The highest BCUT2D eigenvalue weighted by atomic mass is 35.5. The Labute approximate surface area is 170 Å². The average Bonchev–Trinajstić information content (AvgIpc) is 2.67. The van der Waals surface area contributed by atoms with Gasteiger partial charge in [-0.15, -0.1) is 0 Å². The van der Waals surface area contributed by atoms with Crippen molar-refractivity contribution in [2.75, 3.05) is 21.3 Å². The molecule has 0 radical (unpaired) electrons. The number of halogens is 1. The van der Waals surface area contributed by atoms with Crippen LogP contribution in [0.2, 0.25) is 5.02 Å². The van der Waals surface area contributed by atoms with E-state index >= 15 is 0 Å². The number of methoxy groups -OCH3 is 3. The Balaban J connectivity index is 2.27. The fraction of sp³-hybridized carbons (Fsp3) is 0.318. The van der Waals surface area contributed by atoms with Crippen LogP contribution < -0.4 is 18.9 Å². The Hall–Kier alpha value is -2.66. The summed E-state index contributed by atoms with van der Waals surface area (Å²) in [6, 6.07) is 7.12. The molecule has 0 aliphatic rings. The van der Waals surface area contributed by atoms with Crippen molar-refractivity contribution in [3.05, 3.63) is 52.1 Å². The number of hydrogen-bond donors (Lipinski definition) is 0. The maximum atomic E-state index is 12.4. The molecule has 0 aromatic heterocycles. The second-order valence-electron chi connectivity index (χ2n) is 6.51. The van der Waals surface area contributed by atoms with Gasteiger partial charge in [0.1, 0.15) is 5.75 Å². The lowest BCUT2D eigenvalue weighted by Crippen LogP contribution is -2.07. The number of hydrogen-bond acceptors (Lipinski definition) is 5. The van der Waals surface area contributed by atoms with Crippen LogP contribution in [0.15, 0.2) is 30.3 Å². The van der Waals surface area contributed by atoms with Crippen LogP contribution in [-0.4, -0.2) is 27.3 Å². The summed E-state index contributed by atoms with van der Waals surface area (Å²) >= 11 is 6.20. The lowest BCUT2D eigenvalue weighted by atomic mass is 10.0. The summed E-state index contributed by atoms with van der Waals surface area (Å²) in [7, 11) is 4.61. The van der Waals surface area contributed by atoms with Gasteiger partial charge < -0.3 is 18.9 Å². The Morgan fingerprint density at radius 2 is 1.57 bits per heavy atom. The second kappa shape index (κ2) is 9.51. The first kappa shape index (κ1) is 21.6. The Kier molecular flexibility index (Phi) is 7.35. The van der Waals surface area contributed by atoms with Crippen LogP contribution in [0, 0.1) is 6.92 Å². The minimum atomic E-state index is -0.489. The molecule has 0 bridgehead atoms. The third kappa shape index (κ3) is 4.98. The summed E-state index contributed by atoms with van der Waals surface area (Å²) < 4.78 is 21.5. The molecule has 0 saturated carbocycles. The monoisotopic (exact) mass is 404 g/mol. The number of carbonyl (C=O) groups is 1. The predicted molar refractivity (Wildman–Crippen MR) is 111 cm³/mol. The Bertz CT molecular complexity index is 862. The molecule has 2 rings (SSSR count). The van der Waals surface area contributed by atoms with E-state index in [1.807, 2.05) is 26.8 Å². The van der Waals surface area contributed by atoms with Crippen LogP contribution in [0.1, 0.15) is 36.5 Å². The van der Waals surface area contributed by atoms with Gasteiger partial charge in [0.25, 0.3) is 0 Å². The van der Waals surface area contributed by atoms with E-state index in [2.05, 4.69) is 0 Å². The molecule has 0 amide bonds. The van der Waals surface area contributed by atoms with Crippen LogP contribution in [0.25, 0.3) is 6.08 Å². The van der Waals surface area contributed by atoms with Crippen molar-refractivity contribution >= 4 is 23.6 Å². The standard InChI is InChI=1S/C22H25ClO5/c1-13(2)16-12-17(23)14(3)9-18(16)28-21(24)8-7-15-10-19(25-4)22(27-6)20(11-15)26-5/h7-13H,1-6H3/b8-7+. The third-order valence-corrected chi connectivity index (χ3v) is 4.63. The molecule has 0 unspecified atom stereocenters. The van der Waals surface area contributed by atoms with Crippen molar-refractivity contribution in [3.63, 3.8) is 0 Å². The second-order valence-corrected chi connectivity index (χ2v) is 6.91. The first-order valence-electron chi connectivity index (χ1n) is 8.80. The summed E-state index contributed by atoms with van der Waals surface area (Å²) in [5, 5.41) is 0.650. The van der Waals surface area contributed by atoms with E-state index in [0.29, 0.717) is 33.6 Å². The molecule has 0 atom stereocenters. The van der Waals surface area contributed by atoms with Gasteiger partial charge in [0.15, 0.2) is 11.5 Å². The van der Waals surface area contributed by atoms with Crippen LogP contribution in [0.4, 0.5) is 0 Å². The number of rotatable bonds is 7. The Morgan fingerprint density at radius 1 is 0.964 bits per heavy atom. The first-order valence-corrected chi connectivity index (χ1v) is 9.18. The van der Waals surface area contributed by atoms with Crippen LogP contribution in [-0.2, 0) is 4.79 Å². The topological polar surface area (TPSA) is 54.0 Å². The normalized spacial score (nSPS) is 11.0. The molecule has 5 nitrogen and oxygen atoms in total. The zero-order chi connectivity index (χ0) is 20.8. The molecule has 0 fully saturated rings. The van der Waals surface area contributed by atoms with Gasteiger partial charge in [-0.3, -0.25) is 0 Å². The van der Waals surface area contributed by atoms with Gasteiger partial charge >= 0.3 is 5.97 Å². The fourth-order valence-electron chi connectivity index (χ4n) is 2.71. The minimum absolute atomic E-state index is 0.167. The number of carbonyl (C=O) groups excluding carboxylic acids is 1. The highest BCUT2D eigenvalue weighted by Crippen LogP contribution is 2.38. The highest BCUT2D eigenvalue weighted by molar-refractivity contribution is 6.31. The quantitative estimate of drug-likeness (QED) is 0.350. The summed E-state index contributed by atoms with van der Waals surface area (Å²) in [4.78, 5) is 12.4. The van der Waals surface area contributed by atoms with Gasteiger partial charge in [-0.25, -0.2) is 4.79 Å². The molecule has 2 aromatic rings. The van der Waals surface area contributed by atoms with Gasteiger partial charge in [0.05, 0.1) is 21.3 Å². The van der Waals surface area contributed by atoms with Crippen molar-refractivity contribution in [2.45, 2.75) is 26.7 Å². The third-order valence-electron chi connectivity index (χ3n) is 4.22. The van der Waals surface area contributed by atoms with Crippen LogP contribution in [0.3, 0.4) is 0 Å². The molecule has 0 heterocycles. The van der Waals surface area contributed by atoms with E-state index in [1.165, 1.54) is 27.4 Å². The molecular weight excluding hydrogens is 380 g/mol. The van der Waals surface area contributed by atoms with E-state index in [1.54, 1.807) is 24.3 Å². The van der Waals surface area contributed by atoms with Crippen molar-refractivity contribution in [2.24, 2.45) is 0 Å². The SMILES string of the molecule is COc1cc(/C=C/C(=O)Oc2cc(C)c(Cl)cc2C(C)C)cc(OC)c1OC. The number of benzene rings is 2. The van der Waals surface area contributed by atoms with Crippen LogP contribution >= 0.6 is 11.6 Å². The lowest BCUT2D eigenvalue weighted by molar-refractivity contribution is -0.128. The number of esters is 1. The molecule has 0 saturated heterocycles. The van der Waals surface area contributed by atoms with E-state index in [9.17, 15) is 4.79 Å². The van der Waals surface area contributed by atoms with Crippen molar-refractivity contribution in [1.82, 2.24) is 0 Å². The predicted octanol–water partition coefficient (Wildman–Crippen LogP) is 5.42. The summed E-state index contributed by atoms with van der Waals surface area (Å²) in [5.74, 6) is 1.69. The van der Waals surface area contributed by atoms with E-state index in [-0.39, 0.29) is 5.92 Å². The van der Waals surface area contributed by atoms with E-state index in [4.69, 9.17) is 30.5 Å². The summed E-state index contributed by atoms with van der Waals surface area (Å²) in [6.07, 6.45) is 2.99. The number of ether oxygens (including phenoxy) is 4. The van der Waals surface area contributed by atoms with Gasteiger partial charge in [-0.1, -0.05) is 25.4 Å². The lowest BCUT2D eigenvalue weighted by Gasteiger charge is -2.14. The summed E-state index contributed by atoms with van der Waals surface area (Å²) in [5.41, 5.74) is 2.44. The maximum Gasteiger partial charge on any atom is 0.336 e. The van der Waals surface area contributed by atoms with E-state index in [0.717, 1.165) is 11.1 Å². The molecule has 150 valence electrons. The molecular formula is C22H25ClO5. The molecule has 2 aromatic carbocycles. The smallest absolute Gasteiger partial charge is 0.336 e. The fourth-order valence-corrected chi connectivity index (χ4v) is 2.89. The van der Waals surface area contributed by atoms with Crippen molar-refractivity contribution in [3.8, 4) is 23.0 Å². The molecule has 0 aliphatic heterocycles. The molecule has 0 aliphatic carbocycles.